The first-order valence-corrected chi connectivity index (χ1v) is 8.57. The number of nitrogens with one attached hydrogen (secondary N) is 1. The van der Waals surface area contributed by atoms with Gasteiger partial charge in [0.2, 0.25) is 0 Å². The lowest BCUT2D eigenvalue weighted by atomic mass is 10.00. The van der Waals surface area contributed by atoms with Crippen LogP contribution in [-0.2, 0) is 9.53 Å². The summed E-state index contributed by atoms with van der Waals surface area (Å²) in [6.07, 6.45) is 6.25. The number of methoxy groups -OCH3 is 1. The molecule has 0 atom stereocenters. The maximum Gasteiger partial charge on any atom is 0.256 e. The van der Waals surface area contributed by atoms with Gasteiger partial charge in [-0.15, -0.1) is 0 Å². The van der Waals surface area contributed by atoms with Gasteiger partial charge in [-0.1, -0.05) is 6.92 Å². The molecule has 3 rings (SSSR count). The van der Waals surface area contributed by atoms with Crippen LogP contribution < -0.4 is 10.1 Å². The summed E-state index contributed by atoms with van der Waals surface area (Å²) in [5, 5.41) is 3.94. The van der Waals surface area contributed by atoms with E-state index in [1.54, 1.807) is 13.3 Å². The lowest BCUT2D eigenvalue weighted by Crippen LogP contribution is -2.43. The molecule has 0 unspecified atom stereocenters. The summed E-state index contributed by atoms with van der Waals surface area (Å²) in [6, 6.07) is 7.49. The van der Waals surface area contributed by atoms with Crippen LogP contribution in [0.4, 0.5) is 5.69 Å². The summed E-state index contributed by atoms with van der Waals surface area (Å²) in [6.45, 7) is 2.67. The molecular formula is C19H24N2O3. The number of carbonyl (C=O) groups is 1. The van der Waals surface area contributed by atoms with E-state index in [-0.39, 0.29) is 5.91 Å². The summed E-state index contributed by atoms with van der Waals surface area (Å²) in [4.78, 5) is 17.3. The zero-order valence-corrected chi connectivity index (χ0v) is 14.3. The molecule has 2 aromatic rings. The number of rotatable bonds is 6. The lowest BCUT2D eigenvalue weighted by Gasteiger charge is -2.28. The zero-order valence-electron chi connectivity index (χ0n) is 14.3. The molecule has 1 heterocycles. The van der Waals surface area contributed by atoms with Gasteiger partial charge < -0.3 is 14.8 Å². The smallest absolute Gasteiger partial charge is 0.256 e. The van der Waals surface area contributed by atoms with Gasteiger partial charge in [0, 0.05) is 18.2 Å². The molecule has 1 aliphatic carbocycles. The van der Waals surface area contributed by atoms with Crippen molar-refractivity contribution < 1.29 is 14.3 Å². The quantitative estimate of drug-likeness (QED) is 0.873. The van der Waals surface area contributed by atoms with Crippen molar-refractivity contribution in [1.29, 1.82) is 0 Å². The van der Waals surface area contributed by atoms with E-state index in [9.17, 15) is 4.79 Å². The molecule has 1 saturated carbocycles. The molecule has 1 N–H and O–H groups in total. The van der Waals surface area contributed by atoms with E-state index < -0.39 is 5.60 Å². The van der Waals surface area contributed by atoms with Crippen molar-refractivity contribution in [3.8, 4) is 5.75 Å². The Kier molecular flexibility index (Phi) is 5.00. The highest BCUT2D eigenvalue weighted by molar-refractivity contribution is 6.05. The minimum absolute atomic E-state index is 0.0521. The largest absolute Gasteiger partial charge is 0.494 e. The third kappa shape index (κ3) is 3.08. The molecular weight excluding hydrogens is 304 g/mol. The van der Waals surface area contributed by atoms with E-state index >= 15 is 0 Å². The molecule has 5 nitrogen and oxygen atoms in total. The number of amides is 1. The number of anilines is 1. The molecule has 24 heavy (non-hydrogen) atoms. The second-order valence-corrected chi connectivity index (χ2v) is 6.22. The number of pyridine rings is 1. The highest BCUT2D eigenvalue weighted by Gasteiger charge is 2.42. The molecule has 0 spiro atoms. The van der Waals surface area contributed by atoms with Gasteiger partial charge in [0.15, 0.2) is 0 Å². The van der Waals surface area contributed by atoms with Crippen molar-refractivity contribution >= 4 is 22.5 Å². The molecule has 1 aromatic heterocycles. The predicted octanol–water partition coefficient (Wildman–Crippen LogP) is 3.92. The number of fused-ring (bicyclic) bond motifs is 1. The normalized spacial score (nSPS) is 16.2. The van der Waals surface area contributed by atoms with Crippen LogP contribution in [0.25, 0.3) is 10.9 Å². The fourth-order valence-electron chi connectivity index (χ4n) is 3.34. The highest BCUT2D eigenvalue weighted by atomic mass is 16.5. The van der Waals surface area contributed by atoms with Crippen LogP contribution in [0.5, 0.6) is 5.75 Å². The molecule has 1 aliphatic rings. The number of ether oxygens (including phenoxy) is 2. The Labute approximate surface area is 142 Å². The van der Waals surface area contributed by atoms with E-state index in [1.165, 1.54) is 0 Å². The second kappa shape index (κ2) is 7.18. The average Bonchev–Trinajstić information content (AvgIpc) is 3.10. The fourth-order valence-corrected chi connectivity index (χ4v) is 3.34. The van der Waals surface area contributed by atoms with Gasteiger partial charge in [-0.3, -0.25) is 9.78 Å². The van der Waals surface area contributed by atoms with Crippen molar-refractivity contribution in [2.24, 2.45) is 0 Å². The standard InChI is InChI=1S/C19H24N2O3/c1-3-13-24-19(10-4-5-11-19)18(22)21-15-8-9-16(23-2)17-14(15)7-6-12-20-17/h6-9,12H,3-5,10-11,13H2,1-2H3,(H,21,22). The number of hydrogen-bond donors (Lipinski definition) is 1. The Morgan fingerprint density at radius 1 is 1.29 bits per heavy atom. The molecule has 1 amide bonds. The summed E-state index contributed by atoms with van der Waals surface area (Å²) < 4.78 is 11.3. The van der Waals surface area contributed by atoms with Gasteiger partial charge in [-0.25, -0.2) is 0 Å². The van der Waals surface area contributed by atoms with Crippen LogP contribution in [0.2, 0.25) is 0 Å². The monoisotopic (exact) mass is 328 g/mol. The second-order valence-electron chi connectivity index (χ2n) is 6.22. The van der Waals surface area contributed by atoms with Crippen LogP contribution in [0, 0.1) is 0 Å². The Balaban J connectivity index is 1.90. The Bertz CT molecular complexity index is 724. The number of hydrogen-bond acceptors (Lipinski definition) is 4. The van der Waals surface area contributed by atoms with Crippen molar-refractivity contribution in [2.75, 3.05) is 19.0 Å². The van der Waals surface area contributed by atoms with Crippen molar-refractivity contribution in [3.63, 3.8) is 0 Å². The fraction of sp³-hybridized carbons (Fsp3) is 0.474. The van der Waals surface area contributed by atoms with E-state index in [0.29, 0.717) is 12.4 Å². The van der Waals surface area contributed by atoms with Crippen molar-refractivity contribution in [1.82, 2.24) is 4.98 Å². The molecule has 128 valence electrons. The minimum Gasteiger partial charge on any atom is -0.494 e. The first-order valence-electron chi connectivity index (χ1n) is 8.57. The minimum atomic E-state index is -0.690. The van der Waals surface area contributed by atoms with Crippen LogP contribution in [0.3, 0.4) is 0 Å². The number of benzene rings is 1. The molecule has 0 bridgehead atoms. The van der Waals surface area contributed by atoms with Crippen LogP contribution in [0.1, 0.15) is 39.0 Å². The SMILES string of the molecule is CCCOC1(C(=O)Nc2ccc(OC)c3ncccc23)CCCC1. The van der Waals surface area contributed by atoms with Gasteiger partial charge >= 0.3 is 0 Å². The molecule has 0 saturated heterocycles. The first-order chi connectivity index (χ1) is 11.7. The molecule has 0 aliphatic heterocycles. The lowest BCUT2D eigenvalue weighted by molar-refractivity contribution is -0.140. The van der Waals surface area contributed by atoms with Gasteiger partial charge in [0.05, 0.1) is 12.8 Å². The Morgan fingerprint density at radius 3 is 2.79 bits per heavy atom. The van der Waals surface area contributed by atoms with Crippen molar-refractivity contribution in [3.05, 3.63) is 30.5 Å². The van der Waals surface area contributed by atoms with E-state index in [4.69, 9.17) is 9.47 Å². The average molecular weight is 328 g/mol. The molecule has 1 fully saturated rings. The van der Waals surface area contributed by atoms with Gasteiger partial charge in [0.1, 0.15) is 16.9 Å². The number of nitrogens with zero attached hydrogens (tertiary/aromatic N) is 1. The number of carbonyl (C=O) groups excluding carboxylic acids is 1. The van der Waals surface area contributed by atoms with Crippen LogP contribution in [-0.4, -0.2) is 30.2 Å². The maximum absolute atomic E-state index is 13.0. The summed E-state index contributed by atoms with van der Waals surface area (Å²) in [7, 11) is 1.62. The van der Waals surface area contributed by atoms with E-state index in [0.717, 1.165) is 48.7 Å². The first kappa shape index (κ1) is 16.7. The summed E-state index contributed by atoms with van der Waals surface area (Å²) in [5.74, 6) is 0.644. The predicted molar refractivity (Wildman–Crippen MR) is 94.4 cm³/mol. The van der Waals surface area contributed by atoms with E-state index in [1.807, 2.05) is 24.3 Å². The van der Waals surface area contributed by atoms with Gasteiger partial charge in [-0.05, 0) is 56.4 Å². The third-order valence-electron chi connectivity index (χ3n) is 4.61. The zero-order chi connectivity index (χ0) is 17.0. The highest BCUT2D eigenvalue weighted by Crippen LogP contribution is 2.36. The van der Waals surface area contributed by atoms with Crippen molar-refractivity contribution in [2.45, 2.75) is 44.6 Å². The molecule has 5 heteroatoms. The Hall–Kier alpha value is -2.14. The van der Waals surface area contributed by atoms with Gasteiger partial charge in [0.25, 0.3) is 5.91 Å². The summed E-state index contributed by atoms with van der Waals surface area (Å²) >= 11 is 0. The maximum atomic E-state index is 13.0. The van der Waals surface area contributed by atoms with E-state index in [2.05, 4.69) is 17.2 Å². The summed E-state index contributed by atoms with van der Waals surface area (Å²) in [5.41, 5.74) is 0.799. The number of aromatic nitrogens is 1. The Morgan fingerprint density at radius 2 is 2.08 bits per heavy atom. The topological polar surface area (TPSA) is 60.5 Å². The molecule has 1 aromatic carbocycles. The van der Waals surface area contributed by atoms with Crippen LogP contribution >= 0.6 is 0 Å². The third-order valence-corrected chi connectivity index (χ3v) is 4.61. The van der Waals surface area contributed by atoms with Gasteiger partial charge in [-0.2, -0.15) is 0 Å². The van der Waals surface area contributed by atoms with Crippen LogP contribution in [0.15, 0.2) is 30.5 Å². The molecule has 0 radical (unpaired) electrons.